The van der Waals surface area contributed by atoms with Crippen molar-refractivity contribution in [2.45, 2.75) is 13.0 Å². The Morgan fingerprint density at radius 1 is 1.27 bits per heavy atom. The van der Waals surface area contributed by atoms with Gasteiger partial charge in [-0.05, 0) is 17.7 Å². The third-order valence-electron chi connectivity index (χ3n) is 3.96. The number of fused-ring (bicyclic) bond motifs is 1. The van der Waals surface area contributed by atoms with Crippen LogP contribution < -0.4 is 11.0 Å². The number of aromatic nitrogens is 2. The minimum absolute atomic E-state index is 0.0406. The monoisotopic (exact) mass is 374 g/mol. The predicted octanol–water partition coefficient (Wildman–Crippen LogP) is 1.58. The minimum atomic E-state index is -0.770. The molecule has 26 heavy (non-hydrogen) atoms. The largest absolute Gasteiger partial charge is 0.503 e. The Kier molecular flexibility index (Phi) is 4.81. The van der Waals surface area contributed by atoms with Crippen LogP contribution in [0, 0.1) is 0 Å². The highest BCUT2D eigenvalue weighted by Crippen LogP contribution is 2.14. The fraction of sp³-hybridized carbons (Fsp3) is 0.167. The Hall–Kier alpha value is -3.06. The molecule has 1 aromatic carbocycles. The summed E-state index contributed by atoms with van der Waals surface area (Å²) in [5, 5.41) is 10.8. The molecular formula is C18H15ClN2O5. The van der Waals surface area contributed by atoms with Crippen LogP contribution in [0.4, 0.5) is 0 Å². The van der Waals surface area contributed by atoms with Gasteiger partial charge in [0.05, 0.1) is 20.1 Å². The standard InChI is InChI=1S/C18H15ClN2O5/c1-26-14(22)8-12-10-20-5-6-21(9-11-3-2-4-13(19)7-11)18(25)15(20)17(24)16(12)23/h2-7,10,24H,8-9H2,1H3. The summed E-state index contributed by atoms with van der Waals surface area (Å²) in [5.41, 5.74) is -0.625. The molecule has 0 saturated heterocycles. The molecule has 3 aromatic rings. The number of carbonyl (C=O) groups excluding carboxylic acids is 1. The Labute approximate surface area is 152 Å². The van der Waals surface area contributed by atoms with Crippen molar-refractivity contribution in [3.63, 3.8) is 0 Å². The van der Waals surface area contributed by atoms with E-state index in [1.807, 2.05) is 6.07 Å². The lowest BCUT2D eigenvalue weighted by Crippen LogP contribution is -2.25. The molecule has 0 saturated carbocycles. The Bertz CT molecular complexity index is 1120. The first-order valence-corrected chi connectivity index (χ1v) is 8.06. The smallest absolute Gasteiger partial charge is 0.310 e. The molecule has 1 N–H and O–H groups in total. The molecule has 134 valence electrons. The van der Waals surface area contributed by atoms with Crippen molar-refractivity contribution in [3.05, 3.63) is 79.6 Å². The summed E-state index contributed by atoms with van der Waals surface area (Å²) in [6.07, 6.45) is 4.11. The molecule has 0 aliphatic rings. The van der Waals surface area contributed by atoms with Crippen LogP contribution in [0.15, 0.2) is 52.4 Å². The van der Waals surface area contributed by atoms with Gasteiger partial charge in [0.15, 0.2) is 11.3 Å². The number of aromatic hydroxyl groups is 1. The molecule has 0 atom stereocenters. The third-order valence-corrected chi connectivity index (χ3v) is 4.19. The van der Waals surface area contributed by atoms with E-state index < -0.39 is 22.7 Å². The van der Waals surface area contributed by atoms with E-state index >= 15 is 0 Å². The summed E-state index contributed by atoms with van der Waals surface area (Å²) >= 11 is 5.95. The van der Waals surface area contributed by atoms with E-state index in [0.29, 0.717) is 5.02 Å². The SMILES string of the molecule is COC(=O)Cc1cn2ccn(Cc3cccc(Cl)c3)c(=O)c2c(O)c1=O. The number of halogens is 1. The van der Waals surface area contributed by atoms with Gasteiger partial charge in [-0.1, -0.05) is 23.7 Å². The molecule has 2 heterocycles. The van der Waals surface area contributed by atoms with Gasteiger partial charge in [-0.25, -0.2) is 0 Å². The molecule has 0 fully saturated rings. The summed E-state index contributed by atoms with van der Waals surface area (Å²) in [6, 6.07) is 7.03. The number of ether oxygens (including phenoxy) is 1. The quantitative estimate of drug-likeness (QED) is 0.700. The number of methoxy groups -OCH3 is 1. The summed E-state index contributed by atoms with van der Waals surface area (Å²) in [7, 11) is 1.20. The molecule has 0 amide bonds. The van der Waals surface area contributed by atoms with Gasteiger partial charge in [-0.3, -0.25) is 14.4 Å². The Morgan fingerprint density at radius 2 is 2.04 bits per heavy atom. The molecule has 0 bridgehead atoms. The summed E-state index contributed by atoms with van der Waals surface area (Å²) in [5.74, 6) is -1.31. The van der Waals surface area contributed by atoms with Crippen molar-refractivity contribution in [1.82, 2.24) is 8.97 Å². The lowest BCUT2D eigenvalue weighted by Gasteiger charge is -2.11. The van der Waals surface area contributed by atoms with E-state index in [9.17, 15) is 19.5 Å². The van der Waals surface area contributed by atoms with E-state index in [4.69, 9.17) is 11.6 Å². The molecule has 0 radical (unpaired) electrons. The lowest BCUT2D eigenvalue weighted by atomic mass is 10.1. The topological polar surface area (TPSA) is 90.0 Å². The maximum atomic E-state index is 12.7. The molecule has 2 aromatic heterocycles. The van der Waals surface area contributed by atoms with Crippen LogP contribution in [-0.4, -0.2) is 27.2 Å². The number of esters is 1. The van der Waals surface area contributed by atoms with Gasteiger partial charge >= 0.3 is 5.97 Å². The fourth-order valence-corrected chi connectivity index (χ4v) is 2.88. The summed E-state index contributed by atoms with van der Waals surface area (Å²) in [6.45, 7) is 0.230. The van der Waals surface area contributed by atoms with Crippen molar-refractivity contribution in [2.24, 2.45) is 0 Å². The van der Waals surface area contributed by atoms with E-state index in [1.165, 1.54) is 34.7 Å². The van der Waals surface area contributed by atoms with Gasteiger partial charge < -0.3 is 18.8 Å². The maximum Gasteiger partial charge on any atom is 0.310 e. The van der Waals surface area contributed by atoms with E-state index in [-0.39, 0.29) is 24.0 Å². The summed E-state index contributed by atoms with van der Waals surface area (Å²) in [4.78, 5) is 36.4. The normalized spacial score (nSPS) is 10.8. The van der Waals surface area contributed by atoms with Crippen molar-refractivity contribution in [2.75, 3.05) is 7.11 Å². The second-order valence-electron chi connectivity index (χ2n) is 5.70. The van der Waals surface area contributed by atoms with Crippen LogP contribution in [0.1, 0.15) is 11.1 Å². The molecule has 0 unspecified atom stereocenters. The number of carbonyl (C=O) groups is 1. The Morgan fingerprint density at radius 3 is 2.73 bits per heavy atom. The average Bonchev–Trinajstić information content (AvgIpc) is 2.61. The molecule has 0 aliphatic carbocycles. The van der Waals surface area contributed by atoms with Crippen molar-refractivity contribution in [1.29, 1.82) is 0 Å². The van der Waals surface area contributed by atoms with E-state index in [1.54, 1.807) is 18.2 Å². The lowest BCUT2D eigenvalue weighted by molar-refractivity contribution is -0.139. The maximum absolute atomic E-state index is 12.7. The van der Waals surface area contributed by atoms with Gasteiger partial charge in [0, 0.05) is 29.2 Å². The number of rotatable bonds is 4. The Balaban J connectivity index is 2.10. The molecule has 0 aliphatic heterocycles. The number of pyridine rings is 1. The van der Waals surface area contributed by atoms with Gasteiger partial charge in [0.25, 0.3) is 5.56 Å². The van der Waals surface area contributed by atoms with Crippen LogP contribution in [0.25, 0.3) is 5.52 Å². The summed E-state index contributed by atoms with van der Waals surface area (Å²) < 4.78 is 7.22. The molecule has 7 nitrogen and oxygen atoms in total. The zero-order chi connectivity index (χ0) is 18.8. The fourth-order valence-electron chi connectivity index (χ4n) is 2.67. The van der Waals surface area contributed by atoms with Gasteiger partial charge in [-0.15, -0.1) is 0 Å². The first-order valence-electron chi connectivity index (χ1n) is 7.68. The zero-order valence-corrected chi connectivity index (χ0v) is 14.6. The second-order valence-corrected chi connectivity index (χ2v) is 6.14. The minimum Gasteiger partial charge on any atom is -0.503 e. The van der Waals surface area contributed by atoms with Crippen LogP contribution in [0.2, 0.25) is 5.02 Å². The van der Waals surface area contributed by atoms with Crippen LogP contribution in [-0.2, 0) is 22.5 Å². The number of nitrogens with zero attached hydrogens (tertiary/aromatic N) is 2. The zero-order valence-electron chi connectivity index (χ0n) is 13.8. The molecule has 0 spiro atoms. The highest BCUT2D eigenvalue weighted by atomic mass is 35.5. The van der Waals surface area contributed by atoms with E-state index in [2.05, 4.69) is 4.74 Å². The van der Waals surface area contributed by atoms with Gasteiger partial charge in [-0.2, -0.15) is 0 Å². The number of hydrogen-bond donors (Lipinski definition) is 1. The van der Waals surface area contributed by atoms with Crippen molar-refractivity contribution in [3.8, 4) is 5.75 Å². The number of hydrogen-bond acceptors (Lipinski definition) is 5. The number of benzene rings is 1. The highest BCUT2D eigenvalue weighted by Gasteiger charge is 2.16. The third kappa shape index (κ3) is 3.34. The predicted molar refractivity (Wildman–Crippen MR) is 95.9 cm³/mol. The van der Waals surface area contributed by atoms with Crippen molar-refractivity contribution < 1.29 is 14.6 Å². The van der Waals surface area contributed by atoms with Gasteiger partial charge in [0.2, 0.25) is 5.43 Å². The second kappa shape index (κ2) is 7.05. The first kappa shape index (κ1) is 17.8. The van der Waals surface area contributed by atoms with Crippen molar-refractivity contribution >= 4 is 23.1 Å². The molecule has 8 heteroatoms. The van der Waals surface area contributed by atoms with E-state index in [0.717, 1.165) is 5.56 Å². The van der Waals surface area contributed by atoms with Gasteiger partial charge in [0.1, 0.15) is 0 Å². The van der Waals surface area contributed by atoms with Crippen LogP contribution in [0.3, 0.4) is 0 Å². The first-order chi connectivity index (χ1) is 12.4. The molecule has 3 rings (SSSR count). The average molecular weight is 375 g/mol. The van der Waals surface area contributed by atoms with Crippen LogP contribution >= 0.6 is 11.6 Å². The highest BCUT2D eigenvalue weighted by molar-refractivity contribution is 6.30. The molecular weight excluding hydrogens is 360 g/mol. The van der Waals surface area contributed by atoms with Crippen LogP contribution in [0.5, 0.6) is 5.75 Å².